The van der Waals surface area contributed by atoms with Gasteiger partial charge in [0.15, 0.2) is 0 Å². The van der Waals surface area contributed by atoms with E-state index >= 15 is 0 Å². The molecule has 1 fully saturated rings. The average Bonchev–Trinajstić information content (AvgIpc) is 2.53. The standard InChI is InChI=1S/C17H18BrFN2O/c18-14-1-6-17(22)13(11-14)12-20-7-9-21(10-8-20)16-4-2-15(19)3-5-16/h1-6,11,22H,7-10,12H2/p+1. The number of rotatable bonds is 3. The van der Waals surface area contributed by atoms with Crippen LogP contribution in [0, 0.1) is 5.82 Å². The first-order valence-electron chi connectivity index (χ1n) is 7.43. The highest BCUT2D eigenvalue weighted by atomic mass is 79.9. The van der Waals surface area contributed by atoms with Gasteiger partial charge in [-0.3, -0.25) is 0 Å². The molecule has 2 aromatic carbocycles. The Balaban J connectivity index is 1.60. The minimum Gasteiger partial charge on any atom is -0.507 e. The van der Waals surface area contributed by atoms with E-state index in [0.29, 0.717) is 5.75 Å². The number of benzene rings is 2. The normalized spacial score (nSPS) is 16.0. The van der Waals surface area contributed by atoms with Crippen molar-refractivity contribution < 1.29 is 14.4 Å². The number of aromatic hydroxyl groups is 1. The van der Waals surface area contributed by atoms with Crippen molar-refractivity contribution in [3.63, 3.8) is 0 Å². The van der Waals surface area contributed by atoms with Crippen LogP contribution in [0.5, 0.6) is 5.75 Å². The van der Waals surface area contributed by atoms with Crippen LogP contribution in [0.25, 0.3) is 0 Å². The summed E-state index contributed by atoms with van der Waals surface area (Å²) in [5.41, 5.74) is 2.05. The maximum atomic E-state index is 13.0. The first-order valence-corrected chi connectivity index (χ1v) is 8.22. The Morgan fingerprint density at radius 3 is 2.45 bits per heavy atom. The Bertz CT molecular complexity index is 640. The van der Waals surface area contributed by atoms with Crippen LogP contribution in [-0.2, 0) is 6.54 Å². The summed E-state index contributed by atoms with van der Waals surface area (Å²) in [6.07, 6.45) is 0. The third kappa shape index (κ3) is 3.59. The summed E-state index contributed by atoms with van der Waals surface area (Å²) in [5, 5.41) is 9.94. The van der Waals surface area contributed by atoms with Crippen molar-refractivity contribution in [1.29, 1.82) is 0 Å². The van der Waals surface area contributed by atoms with Crippen LogP contribution in [0.2, 0.25) is 0 Å². The second-order valence-electron chi connectivity index (χ2n) is 5.66. The van der Waals surface area contributed by atoms with Crippen molar-refractivity contribution in [3.05, 3.63) is 58.3 Å². The largest absolute Gasteiger partial charge is 0.507 e. The van der Waals surface area contributed by atoms with E-state index in [1.165, 1.54) is 17.0 Å². The molecule has 1 aliphatic rings. The molecule has 1 aliphatic heterocycles. The van der Waals surface area contributed by atoms with Crippen LogP contribution < -0.4 is 9.80 Å². The molecule has 0 aliphatic carbocycles. The Labute approximate surface area is 138 Å². The molecule has 116 valence electrons. The summed E-state index contributed by atoms with van der Waals surface area (Å²) in [7, 11) is 0. The quantitative estimate of drug-likeness (QED) is 0.872. The zero-order valence-corrected chi connectivity index (χ0v) is 13.8. The van der Waals surface area contributed by atoms with E-state index in [9.17, 15) is 9.50 Å². The lowest BCUT2D eigenvalue weighted by atomic mass is 10.1. The summed E-state index contributed by atoms with van der Waals surface area (Å²) < 4.78 is 14.0. The lowest BCUT2D eigenvalue weighted by Gasteiger charge is -2.33. The van der Waals surface area contributed by atoms with E-state index in [-0.39, 0.29) is 5.82 Å². The van der Waals surface area contributed by atoms with Crippen LogP contribution in [0.4, 0.5) is 10.1 Å². The maximum absolute atomic E-state index is 13.0. The van der Waals surface area contributed by atoms with Crippen LogP contribution in [0.3, 0.4) is 0 Å². The number of phenolic OH excluding ortho intramolecular Hbond substituents is 1. The van der Waals surface area contributed by atoms with Gasteiger partial charge in [-0.2, -0.15) is 0 Å². The molecule has 22 heavy (non-hydrogen) atoms. The van der Waals surface area contributed by atoms with E-state index in [4.69, 9.17) is 0 Å². The summed E-state index contributed by atoms with van der Waals surface area (Å²) >= 11 is 3.45. The van der Waals surface area contributed by atoms with E-state index < -0.39 is 0 Å². The van der Waals surface area contributed by atoms with Gasteiger partial charge in [-0.05, 0) is 42.5 Å². The zero-order valence-electron chi connectivity index (χ0n) is 12.2. The van der Waals surface area contributed by atoms with Crippen molar-refractivity contribution in [3.8, 4) is 5.75 Å². The zero-order chi connectivity index (χ0) is 15.5. The van der Waals surface area contributed by atoms with Crippen LogP contribution in [0.15, 0.2) is 46.9 Å². The molecule has 2 aromatic rings. The Kier molecular flexibility index (Phi) is 4.64. The first kappa shape index (κ1) is 15.3. The van der Waals surface area contributed by atoms with Gasteiger partial charge >= 0.3 is 0 Å². The van der Waals surface area contributed by atoms with E-state index in [1.807, 2.05) is 24.3 Å². The highest BCUT2D eigenvalue weighted by Gasteiger charge is 2.21. The number of quaternary nitrogens is 1. The van der Waals surface area contributed by atoms with Gasteiger partial charge in [0.1, 0.15) is 18.1 Å². The molecule has 0 spiro atoms. The predicted octanol–water partition coefficient (Wildman–Crippen LogP) is 2.20. The molecule has 2 N–H and O–H groups in total. The SMILES string of the molecule is Oc1ccc(Br)cc1C[NH+]1CCN(c2ccc(F)cc2)CC1. The third-order valence-electron chi connectivity index (χ3n) is 4.14. The molecular weight excluding hydrogens is 347 g/mol. The summed E-state index contributed by atoms with van der Waals surface area (Å²) in [4.78, 5) is 3.73. The van der Waals surface area contributed by atoms with E-state index in [0.717, 1.165) is 48.4 Å². The molecular formula is C17H19BrFN2O+. The van der Waals surface area contributed by atoms with Gasteiger partial charge in [-0.15, -0.1) is 0 Å². The van der Waals surface area contributed by atoms with Crippen molar-refractivity contribution in [2.24, 2.45) is 0 Å². The van der Waals surface area contributed by atoms with E-state index in [2.05, 4.69) is 20.8 Å². The number of halogens is 2. The van der Waals surface area contributed by atoms with Crippen molar-refractivity contribution in [1.82, 2.24) is 0 Å². The first-order chi connectivity index (χ1) is 10.6. The number of anilines is 1. The number of phenols is 1. The predicted molar refractivity (Wildman–Crippen MR) is 88.8 cm³/mol. The van der Waals surface area contributed by atoms with Crippen LogP contribution in [0.1, 0.15) is 5.56 Å². The molecule has 0 unspecified atom stereocenters. The van der Waals surface area contributed by atoms with Gasteiger partial charge in [-0.1, -0.05) is 15.9 Å². The smallest absolute Gasteiger partial charge is 0.124 e. The fourth-order valence-corrected chi connectivity index (χ4v) is 3.28. The summed E-state index contributed by atoms with van der Waals surface area (Å²) in [6, 6.07) is 12.2. The molecule has 5 heteroatoms. The molecule has 1 heterocycles. The summed E-state index contributed by atoms with van der Waals surface area (Å²) in [5.74, 6) is 0.162. The minimum atomic E-state index is -0.196. The van der Waals surface area contributed by atoms with Gasteiger partial charge in [0, 0.05) is 15.7 Å². The van der Waals surface area contributed by atoms with Gasteiger partial charge in [0.2, 0.25) is 0 Å². The van der Waals surface area contributed by atoms with Crippen molar-refractivity contribution in [2.75, 3.05) is 31.1 Å². The van der Waals surface area contributed by atoms with E-state index in [1.54, 1.807) is 6.07 Å². The molecule has 0 bridgehead atoms. The number of nitrogens with one attached hydrogen (secondary N) is 1. The van der Waals surface area contributed by atoms with Crippen LogP contribution >= 0.6 is 15.9 Å². The highest BCUT2D eigenvalue weighted by molar-refractivity contribution is 9.10. The Morgan fingerprint density at radius 2 is 1.77 bits per heavy atom. The summed E-state index contributed by atoms with van der Waals surface area (Å²) in [6.45, 7) is 4.71. The van der Waals surface area contributed by atoms with Crippen molar-refractivity contribution in [2.45, 2.75) is 6.54 Å². The Morgan fingerprint density at radius 1 is 1.09 bits per heavy atom. The molecule has 3 rings (SSSR count). The van der Waals surface area contributed by atoms with Gasteiger partial charge in [0.25, 0.3) is 0 Å². The second-order valence-corrected chi connectivity index (χ2v) is 6.58. The molecule has 0 radical (unpaired) electrons. The number of hydrogen-bond donors (Lipinski definition) is 2. The monoisotopic (exact) mass is 365 g/mol. The molecule has 0 atom stereocenters. The molecule has 0 saturated carbocycles. The van der Waals surface area contributed by atoms with Gasteiger partial charge in [-0.25, -0.2) is 4.39 Å². The topological polar surface area (TPSA) is 27.9 Å². The van der Waals surface area contributed by atoms with Crippen LogP contribution in [-0.4, -0.2) is 31.3 Å². The fourth-order valence-electron chi connectivity index (χ4n) is 2.87. The third-order valence-corrected chi connectivity index (χ3v) is 4.64. The van der Waals surface area contributed by atoms with Gasteiger partial charge < -0.3 is 14.9 Å². The molecule has 1 saturated heterocycles. The molecule has 0 aromatic heterocycles. The van der Waals surface area contributed by atoms with Gasteiger partial charge in [0.05, 0.1) is 26.2 Å². The second kappa shape index (κ2) is 6.67. The molecule has 0 amide bonds. The molecule has 3 nitrogen and oxygen atoms in total. The van der Waals surface area contributed by atoms with Crippen molar-refractivity contribution >= 4 is 21.6 Å². The average molecular weight is 366 g/mol. The lowest BCUT2D eigenvalue weighted by molar-refractivity contribution is -0.914. The number of piperazine rings is 1. The number of hydrogen-bond acceptors (Lipinski definition) is 2. The lowest BCUT2D eigenvalue weighted by Crippen LogP contribution is -3.13. The highest BCUT2D eigenvalue weighted by Crippen LogP contribution is 2.21. The number of nitrogens with zero attached hydrogens (tertiary/aromatic N) is 1. The Hall–Kier alpha value is -1.59. The fraction of sp³-hybridized carbons (Fsp3) is 0.294. The minimum absolute atomic E-state index is 0.196. The maximum Gasteiger partial charge on any atom is 0.124 e.